The molecule has 0 spiro atoms. The summed E-state index contributed by atoms with van der Waals surface area (Å²) in [5.74, 6) is -0.340. The summed E-state index contributed by atoms with van der Waals surface area (Å²) in [5.41, 5.74) is 3.53. The smallest absolute Gasteiger partial charge is 0.243 e. The first-order valence-corrected chi connectivity index (χ1v) is 9.92. The van der Waals surface area contributed by atoms with E-state index in [1.54, 1.807) is 25.1 Å². The molecule has 0 aliphatic rings. The largest absolute Gasteiger partial charge is 0.350 e. The lowest BCUT2D eigenvalue weighted by atomic mass is 10.1. The fourth-order valence-corrected chi connectivity index (χ4v) is 3.78. The number of rotatable bonds is 6. The van der Waals surface area contributed by atoms with Crippen LogP contribution in [-0.4, -0.2) is 26.6 Å². The summed E-state index contributed by atoms with van der Waals surface area (Å²) >= 11 is 0. The summed E-state index contributed by atoms with van der Waals surface area (Å²) in [6.07, 6.45) is 1.11. The topological polar surface area (TPSA) is 66.5 Å². The van der Waals surface area contributed by atoms with E-state index in [1.807, 2.05) is 44.2 Å². The Labute approximate surface area is 149 Å². The van der Waals surface area contributed by atoms with Gasteiger partial charge in [0.2, 0.25) is 15.9 Å². The fourth-order valence-electron chi connectivity index (χ4n) is 2.62. The van der Waals surface area contributed by atoms with Gasteiger partial charge in [0.1, 0.15) is 6.04 Å². The van der Waals surface area contributed by atoms with E-state index in [-0.39, 0.29) is 5.91 Å². The van der Waals surface area contributed by atoms with Gasteiger partial charge in [0.25, 0.3) is 0 Å². The molecule has 0 bridgehead atoms. The summed E-state index contributed by atoms with van der Waals surface area (Å²) in [4.78, 5) is 12.5. The average molecular weight is 360 g/mol. The summed E-state index contributed by atoms with van der Waals surface area (Å²) in [7, 11) is -3.60. The van der Waals surface area contributed by atoms with Crippen LogP contribution in [0.4, 0.5) is 5.69 Å². The zero-order chi connectivity index (χ0) is 18.6. The zero-order valence-corrected chi connectivity index (χ0v) is 15.8. The summed E-state index contributed by atoms with van der Waals surface area (Å²) in [6.45, 7) is 5.82. The van der Waals surface area contributed by atoms with Crippen molar-refractivity contribution in [3.63, 3.8) is 0 Å². The van der Waals surface area contributed by atoms with Crippen molar-refractivity contribution in [3.8, 4) is 0 Å². The Morgan fingerprint density at radius 3 is 2.28 bits per heavy atom. The molecule has 2 rings (SSSR count). The zero-order valence-electron chi connectivity index (χ0n) is 15.0. The maximum atomic E-state index is 12.5. The van der Waals surface area contributed by atoms with Crippen LogP contribution >= 0.6 is 0 Å². The molecule has 0 fully saturated rings. The lowest BCUT2D eigenvalue weighted by Gasteiger charge is -2.28. The van der Waals surface area contributed by atoms with Crippen molar-refractivity contribution in [2.75, 3.05) is 10.6 Å². The first kappa shape index (κ1) is 19.0. The second-order valence-electron chi connectivity index (χ2n) is 6.28. The van der Waals surface area contributed by atoms with Gasteiger partial charge in [-0.1, -0.05) is 42.0 Å². The van der Waals surface area contributed by atoms with Crippen LogP contribution < -0.4 is 9.62 Å². The van der Waals surface area contributed by atoms with Gasteiger partial charge in [-0.05, 0) is 44.0 Å². The molecule has 1 unspecified atom stereocenters. The molecule has 0 heterocycles. The molecule has 1 atom stereocenters. The van der Waals surface area contributed by atoms with Crippen LogP contribution in [0.2, 0.25) is 0 Å². The van der Waals surface area contributed by atoms with Crippen LogP contribution in [0.1, 0.15) is 23.6 Å². The van der Waals surface area contributed by atoms with Crippen LogP contribution in [0.25, 0.3) is 0 Å². The first-order chi connectivity index (χ1) is 11.7. The number of carbonyl (C=O) groups is 1. The second kappa shape index (κ2) is 7.70. The van der Waals surface area contributed by atoms with Crippen molar-refractivity contribution in [2.24, 2.45) is 0 Å². The van der Waals surface area contributed by atoms with Crippen molar-refractivity contribution in [2.45, 2.75) is 33.4 Å². The highest BCUT2D eigenvalue weighted by Crippen LogP contribution is 2.22. The number of nitrogens with zero attached hydrogens (tertiary/aromatic N) is 1. The van der Waals surface area contributed by atoms with Crippen LogP contribution in [0, 0.1) is 13.8 Å². The Bertz CT molecular complexity index is 845. The van der Waals surface area contributed by atoms with Crippen LogP contribution in [0.3, 0.4) is 0 Å². The molecule has 2 aromatic rings. The third kappa shape index (κ3) is 5.06. The minimum absolute atomic E-state index is 0.340. The molecule has 1 N–H and O–H groups in total. The van der Waals surface area contributed by atoms with Gasteiger partial charge in [-0.2, -0.15) is 0 Å². The number of sulfonamides is 1. The molecular formula is C19H24N2O3S. The van der Waals surface area contributed by atoms with Gasteiger partial charge in [0.05, 0.1) is 11.9 Å². The molecule has 6 heteroatoms. The van der Waals surface area contributed by atoms with Gasteiger partial charge in [-0.15, -0.1) is 0 Å². The maximum absolute atomic E-state index is 12.5. The van der Waals surface area contributed by atoms with Gasteiger partial charge >= 0.3 is 0 Å². The van der Waals surface area contributed by atoms with Gasteiger partial charge in [0, 0.05) is 6.54 Å². The number of carbonyl (C=O) groups excluding carboxylic acids is 1. The molecule has 0 saturated carbocycles. The van der Waals surface area contributed by atoms with E-state index in [9.17, 15) is 13.2 Å². The third-order valence-corrected chi connectivity index (χ3v) is 5.17. The monoisotopic (exact) mass is 360 g/mol. The minimum atomic E-state index is -3.60. The fraction of sp³-hybridized carbons (Fsp3) is 0.316. The molecule has 0 aliphatic carbocycles. The number of benzene rings is 2. The molecule has 25 heavy (non-hydrogen) atoms. The number of aryl methyl sites for hydroxylation is 2. The Hall–Kier alpha value is -2.34. The van der Waals surface area contributed by atoms with Gasteiger partial charge in [-0.25, -0.2) is 8.42 Å². The summed E-state index contributed by atoms with van der Waals surface area (Å²) in [6, 6.07) is 14.1. The van der Waals surface area contributed by atoms with Crippen molar-refractivity contribution in [1.82, 2.24) is 5.32 Å². The predicted molar refractivity (Wildman–Crippen MR) is 101 cm³/mol. The lowest BCUT2D eigenvalue weighted by molar-refractivity contribution is -0.122. The van der Waals surface area contributed by atoms with Gasteiger partial charge in [-0.3, -0.25) is 9.10 Å². The average Bonchev–Trinajstić information content (AvgIpc) is 2.53. The molecule has 1 amide bonds. The highest BCUT2D eigenvalue weighted by Gasteiger charge is 2.28. The molecule has 0 aliphatic heterocycles. The summed E-state index contributed by atoms with van der Waals surface area (Å²) < 4.78 is 25.7. The highest BCUT2D eigenvalue weighted by atomic mass is 32.2. The van der Waals surface area contributed by atoms with Crippen molar-refractivity contribution < 1.29 is 13.2 Å². The molecular weight excluding hydrogens is 336 g/mol. The van der Waals surface area contributed by atoms with E-state index in [4.69, 9.17) is 0 Å². The van der Waals surface area contributed by atoms with Crippen LogP contribution in [-0.2, 0) is 21.4 Å². The number of hydrogen-bond donors (Lipinski definition) is 1. The number of hydrogen-bond acceptors (Lipinski definition) is 3. The maximum Gasteiger partial charge on any atom is 0.243 e. The Balaban J connectivity index is 2.17. The normalized spacial score (nSPS) is 12.5. The van der Waals surface area contributed by atoms with Gasteiger partial charge < -0.3 is 5.32 Å². The van der Waals surface area contributed by atoms with Crippen molar-refractivity contribution >= 4 is 21.6 Å². The SMILES string of the molecule is Cc1ccc(CNC(=O)C(C)N(c2cccc(C)c2)S(C)(=O)=O)cc1. The van der Waals surface area contributed by atoms with E-state index in [2.05, 4.69) is 5.32 Å². The first-order valence-electron chi connectivity index (χ1n) is 8.08. The van der Waals surface area contributed by atoms with E-state index in [0.717, 1.165) is 27.3 Å². The van der Waals surface area contributed by atoms with Crippen molar-refractivity contribution in [3.05, 3.63) is 65.2 Å². The standard InChI is InChI=1S/C19H24N2O3S/c1-14-8-10-17(11-9-14)13-20-19(22)16(3)21(25(4,23)24)18-7-5-6-15(2)12-18/h5-12,16H,13H2,1-4H3,(H,20,22). The van der Waals surface area contributed by atoms with E-state index >= 15 is 0 Å². The molecule has 0 saturated heterocycles. The van der Waals surface area contributed by atoms with E-state index < -0.39 is 16.1 Å². The van der Waals surface area contributed by atoms with Crippen molar-refractivity contribution in [1.29, 1.82) is 0 Å². The molecule has 5 nitrogen and oxygen atoms in total. The molecule has 0 radical (unpaired) electrons. The Morgan fingerprint density at radius 1 is 1.08 bits per heavy atom. The van der Waals surface area contributed by atoms with E-state index in [1.165, 1.54) is 0 Å². The Morgan fingerprint density at radius 2 is 1.72 bits per heavy atom. The summed E-state index contributed by atoms with van der Waals surface area (Å²) in [5, 5.41) is 2.81. The van der Waals surface area contributed by atoms with Crippen LogP contribution in [0.5, 0.6) is 0 Å². The third-order valence-electron chi connectivity index (χ3n) is 3.93. The quantitative estimate of drug-likeness (QED) is 0.861. The van der Waals surface area contributed by atoms with Crippen LogP contribution in [0.15, 0.2) is 48.5 Å². The molecule has 0 aromatic heterocycles. The lowest BCUT2D eigenvalue weighted by Crippen LogP contribution is -2.47. The molecule has 2 aromatic carbocycles. The minimum Gasteiger partial charge on any atom is -0.350 e. The predicted octanol–water partition coefficient (Wildman–Crippen LogP) is 2.77. The van der Waals surface area contributed by atoms with E-state index in [0.29, 0.717) is 12.2 Å². The second-order valence-corrected chi connectivity index (χ2v) is 8.14. The van der Waals surface area contributed by atoms with Gasteiger partial charge in [0.15, 0.2) is 0 Å². The number of nitrogens with one attached hydrogen (secondary N) is 1. The number of anilines is 1. The highest BCUT2D eigenvalue weighted by molar-refractivity contribution is 7.92. The Kier molecular flexibility index (Phi) is 5.85. The number of amides is 1. The molecule has 134 valence electrons.